The molecule has 0 saturated carbocycles. The monoisotopic (exact) mass is 270 g/mol. The Balaban J connectivity index is 2.59. The molecule has 0 fully saturated rings. The number of aryl methyl sites for hydroxylation is 3. The lowest BCUT2D eigenvalue weighted by atomic mass is 10.1. The first kappa shape index (κ1) is 14.7. The molecule has 0 unspecified atom stereocenters. The average molecular weight is 270 g/mol. The van der Waals surface area contributed by atoms with Crippen LogP contribution in [0, 0.1) is 13.8 Å². The molecule has 0 bridgehead atoms. The molecule has 1 N–H and O–H groups in total. The van der Waals surface area contributed by atoms with Crippen molar-refractivity contribution < 1.29 is 18.3 Å². The Kier molecular flexibility index (Phi) is 4.90. The molecule has 0 amide bonds. The maximum atomic E-state index is 11.6. The summed E-state index contributed by atoms with van der Waals surface area (Å²) >= 11 is 0. The van der Waals surface area contributed by atoms with Gasteiger partial charge >= 0.3 is 5.97 Å². The Morgan fingerprint density at radius 3 is 2.39 bits per heavy atom. The quantitative estimate of drug-likeness (QED) is 0.854. The van der Waals surface area contributed by atoms with Gasteiger partial charge in [-0.25, -0.2) is 8.42 Å². The average Bonchev–Trinajstić information content (AvgIpc) is 2.28. The van der Waals surface area contributed by atoms with Crippen LogP contribution in [0.15, 0.2) is 18.2 Å². The van der Waals surface area contributed by atoms with Crippen LogP contribution in [-0.2, 0) is 21.1 Å². The largest absolute Gasteiger partial charge is 0.481 e. The van der Waals surface area contributed by atoms with Crippen molar-refractivity contribution in [1.29, 1.82) is 0 Å². The van der Waals surface area contributed by atoms with Gasteiger partial charge < -0.3 is 5.11 Å². The van der Waals surface area contributed by atoms with Gasteiger partial charge in [-0.15, -0.1) is 0 Å². The molecule has 100 valence electrons. The van der Waals surface area contributed by atoms with Crippen molar-refractivity contribution in [1.82, 2.24) is 0 Å². The second kappa shape index (κ2) is 6.00. The van der Waals surface area contributed by atoms with E-state index in [-0.39, 0.29) is 17.9 Å². The fraction of sp³-hybridized carbons (Fsp3) is 0.462. The maximum absolute atomic E-state index is 11.6. The summed E-state index contributed by atoms with van der Waals surface area (Å²) < 4.78 is 23.2. The van der Waals surface area contributed by atoms with Crippen molar-refractivity contribution in [3.63, 3.8) is 0 Å². The first-order valence-electron chi connectivity index (χ1n) is 5.78. The Hall–Kier alpha value is -1.36. The summed E-state index contributed by atoms with van der Waals surface area (Å²) in [6.45, 7) is 3.99. The van der Waals surface area contributed by atoms with Crippen molar-refractivity contribution in [3.05, 3.63) is 34.9 Å². The van der Waals surface area contributed by atoms with Crippen molar-refractivity contribution in [2.24, 2.45) is 0 Å². The molecule has 1 aromatic rings. The summed E-state index contributed by atoms with van der Waals surface area (Å²) in [5.74, 6) is -1.36. The third kappa shape index (κ3) is 4.87. The number of carboxylic acid groups (broad SMARTS) is 1. The summed E-state index contributed by atoms with van der Waals surface area (Å²) in [4.78, 5) is 10.3. The van der Waals surface area contributed by atoms with E-state index in [1.165, 1.54) is 5.56 Å². The molecule has 0 aromatic heterocycles. The molecule has 5 heteroatoms. The molecule has 0 aliphatic heterocycles. The molecule has 1 aromatic carbocycles. The molecule has 4 nitrogen and oxygen atoms in total. The van der Waals surface area contributed by atoms with Crippen LogP contribution in [0.25, 0.3) is 0 Å². The summed E-state index contributed by atoms with van der Waals surface area (Å²) in [6, 6.07) is 5.85. The van der Waals surface area contributed by atoms with E-state index in [0.717, 1.165) is 11.1 Å². The van der Waals surface area contributed by atoms with Gasteiger partial charge in [-0.1, -0.05) is 18.2 Å². The summed E-state index contributed by atoms with van der Waals surface area (Å²) in [7, 11) is -3.28. The molecular formula is C13H18O4S. The molecule has 0 saturated heterocycles. The van der Waals surface area contributed by atoms with Gasteiger partial charge in [0.25, 0.3) is 0 Å². The fourth-order valence-electron chi connectivity index (χ4n) is 1.58. The van der Waals surface area contributed by atoms with Gasteiger partial charge in [0.05, 0.1) is 17.9 Å². The van der Waals surface area contributed by atoms with Gasteiger partial charge in [0.15, 0.2) is 9.84 Å². The lowest BCUT2D eigenvalue weighted by molar-refractivity contribution is -0.136. The number of benzene rings is 1. The smallest absolute Gasteiger partial charge is 0.304 e. The molecule has 0 aliphatic carbocycles. The lowest BCUT2D eigenvalue weighted by Gasteiger charge is -2.06. The molecule has 0 spiro atoms. The van der Waals surface area contributed by atoms with Crippen molar-refractivity contribution in [2.75, 3.05) is 11.5 Å². The highest BCUT2D eigenvalue weighted by Crippen LogP contribution is 2.11. The second-order valence-electron chi connectivity index (χ2n) is 4.46. The Morgan fingerprint density at radius 2 is 1.83 bits per heavy atom. The number of hydrogen-bond donors (Lipinski definition) is 1. The Labute approximate surface area is 108 Å². The molecular weight excluding hydrogens is 252 g/mol. The van der Waals surface area contributed by atoms with Crippen molar-refractivity contribution in [2.45, 2.75) is 26.7 Å². The predicted octanol–water partition coefficient (Wildman–Crippen LogP) is 1.74. The van der Waals surface area contributed by atoms with Crippen LogP contribution in [0.1, 0.15) is 23.1 Å². The minimum atomic E-state index is -3.28. The first-order chi connectivity index (χ1) is 8.30. The second-order valence-corrected chi connectivity index (χ2v) is 6.77. The number of carboxylic acids is 1. The highest BCUT2D eigenvalue weighted by atomic mass is 32.2. The molecule has 1 rings (SSSR count). The van der Waals surface area contributed by atoms with Crippen LogP contribution < -0.4 is 0 Å². The van der Waals surface area contributed by atoms with E-state index >= 15 is 0 Å². The molecule has 0 heterocycles. The van der Waals surface area contributed by atoms with Gasteiger partial charge in [0.2, 0.25) is 0 Å². The topological polar surface area (TPSA) is 71.4 Å². The highest BCUT2D eigenvalue weighted by Gasteiger charge is 2.13. The predicted molar refractivity (Wildman–Crippen MR) is 70.5 cm³/mol. The van der Waals surface area contributed by atoms with Gasteiger partial charge in [-0.05, 0) is 37.0 Å². The van der Waals surface area contributed by atoms with Gasteiger partial charge in [-0.3, -0.25) is 4.79 Å². The third-order valence-corrected chi connectivity index (χ3v) is 4.55. The molecule has 0 atom stereocenters. The van der Waals surface area contributed by atoms with Crippen LogP contribution in [0.2, 0.25) is 0 Å². The zero-order chi connectivity index (χ0) is 13.8. The lowest BCUT2D eigenvalue weighted by Crippen LogP contribution is -2.15. The van der Waals surface area contributed by atoms with Crippen LogP contribution in [0.3, 0.4) is 0 Å². The SMILES string of the molecule is Cc1ccc(CCS(=O)(=O)CCC(=O)O)cc1C. The summed E-state index contributed by atoms with van der Waals surface area (Å²) in [5.41, 5.74) is 3.28. The minimum absolute atomic E-state index is 0.00276. The van der Waals surface area contributed by atoms with E-state index in [2.05, 4.69) is 0 Å². The van der Waals surface area contributed by atoms with E-state index in [4.69, 9.17) is 5.11 Å². The van der Waals surface area contributed by atoms with E-state index in [9.17, 15) is 13.2 Å². The first-order valence-corrected chi connectivity index (χ1v) is 7.60. The maximum Gasteiger partial charge on any atom is 0.304 e. The number of carbonyl (C=O) groups is 1. The third-order valence-electron chi connectivity index (χ3n) is 2.90. The summed E-state index contributed by atoms with van der Waals surface area (Å²) in [5, 5.41) is 8.46. The van der Waals surface area contributed by atoms with Gasteiger partial charge in [0, 0.05) is 0 Å². The number of aliphatic carboxylic acids is 1. The Morgan fingerprint density at radius 1 is 1.17 bits per heavy atom. The number of hydrogen-bond acceptors (Lipinski definition) is 3. The fourth-order valence-corrected chi connectivity index (χ4v) is 2.81. The van der Waals surface area contributed by atoms with Crippen LogP contribution in [-0.4, -0.2) is 31.0 Å². The van der Waals surface area contributed by atoms with Crippen LogP contribution in [0.4, 0.5) is 0 Å². The van der Waals surface area contributed by atoms with Crippen LogP contribution in [0.5, 0.6) is 0 Å². The van der Waals surface area contributed by atoms with Gasteiger partial charge in [-0.2, -0.15) is 0 Å². The highest BCUT2D eigenvalue weighted by molar-refractivity contribution is 7.91. The zero-order valence-corrected chi connectivity index (χ0v) is 11.5. The van der Waals surface area contributed by atoms with Crippen LogP contribution >= 0.6 is 0 Å². The Bertz CT molecular complexity index is 532. The van der Waals surface area contributed by atoms with Gasteiger partial charge in [0.1, 0.15) is 0 Å². The van der Waals surface area contributed by atoms with Crippen molar-refractivity contribution in [3.8, 4) is 0 Å². The van der Waals surface area contributed by atoms with E-state index < -0.39 is 15.8 Å². The standard InChI is InChI=1S/C13H18O4S/c1-10-3-4-12(9-11(10)2)5-7-18(16,17)8-6-13(14)15/h3-4,9H,5-8H2,1-2H3,(H,14,15). The number of rotatable bonds is 6. The normalized spacial score (nSPS) is 11.4. The van der Waals surface area contributed by atoms with E-state index in [1.54, 1.807) is 0 Å². The minimum Gasteiger partial charge on any atom is -0.481 e. The summed E-state index contributed by atoms with van der Waals surface area (Å²) in [6.07, 6.45) is 0.109. The number of sulfone groups is 1. The zero-order valence-electron chi connectivity index (χ0n) is 10.6. The van der Waals surface area contributed by atoms with Crippen molar-refractivity contribution >= 4 is 15.8 Å². The molecule has 0 aliphatic rings. The molecule has 0 radical (unpaired) electrons. The molecule has 18 heavy (non-hydrogen) atoms. The van der Waals surface area contributed by atoms with E-state index in [0.29, 0.717) is 6.42 Å². The van der Waals surface area contributed by atoms with E-state index in [1.807, 2.05) is 32.0 Å².